The summed E-state index contributed by atoms with van der Waals surface area (Å²) in [6.07, 6.45) is 2.58. The van der Waals surface area contributed by atoms with Crippen LogP contribution in [0.15, 0.2) is 47.3 Å². The number of hydrogen-bond acceptors (Lipinski definition) is 4. The summed E-state index contributed by atoms with van der Waals surface area (Å²) in [6.45, 7) is 0.805. The van der Waals surface area contributed by atoms with Gasteiger partial charge in [-0.1, -0.05) is 18.2 Å². The zero-order valence-corrected chi connectivity index (χ0v) is 11.7. The molecule has 1 aromatic carbocycles. The van der Waals surface area contributed by atoms with Gasteiger partial charge in [0.25, 0.3) is 0 Å². The van der Waals surface area contributed by atoms with Crippen molar-refractivity contribution in [1.82, 2.24) is 4.98 Å². The van der Waals surface area contributed by atoms with E-state index in [-0.39, 0.29) is 0 Å². The Balaban J connectivity index is 1.87. The quantitative estimate of drug-likeness (QED) is 0.789. The van der Waals surface area contributed by atoms with Crippen LogP contribution in [0, 0.1) is 11.3 Å². The molecule has 20 heavy (non-hydrogen) atoms. The van der Waals surface area contributed by atoms with Gasteiger partial charge < -0.3 is 5.32 Å². The normalized spacial score (nSPS) is 10.3. The first kappa shape index (κ1) is 12.6. The number of nitriles is 1. The van der Waals surface area contributed by atoms with Gasteiger partial charge in [0, 0.05) is 18.1 Å². The van der Waals surface area contributed by atoms with Gasteiger partial charge >= 0.3 is 0 Å². The second-order valence-corrected chi connectivity index (χ2v) is 5.26. The topological polar surface area (TPSA) is 48.7 Å². The minimum atomic E-state index is 0.592. The number of fused-ring (bicyclic) bond motifs is 1. The first-order chi connectivity index (χ1) is 9.88. The van der Waals surface area contributed by atoms with Crippen molar-refractivity contribution in [1.29, 1.82) is 5.26 Å². The van der Waals surface area contributed by atoms with E-state index >= 15 is 0 Å². The third kappa shape index (κ3) is 2.49. The van der Waals surface area contributed by atoms with Crippen LogP contribution in [0.5, 0.6) is 0 Å². The summed E-state index contributed by atoms with van der Waals surface area (Å²) in [4.78, 5) is 4.31. The number of para-hydroxylation sites is 1. The van der Waals surface area contributed by atoms with Gasteiger partial charge in [0.2, 0.25) is 0 Å². The maximum absolute atomic E-state index is 9.23. The minimum Gasteiger partial charge on any atom is -0.383 e. The largest absolute Gasteiger partial charge is 0.383 e. The fourth-order valence-electron chi connectivity index (χ4n) is 2.18. The van der Waals surface area contributed by atoms with E-state index in [1.54, 1.807) is 17.5 Å². The van der Waals surface area contributed by atoms with Crippen molar-refractivity contribution in [2.75, 3.05) is 11.9 Å². The molecular weight excluding hydrogens is 266 g/mol. The number of anilines is 1. The zero-order valence-electron chi connectivity index (χ0n) is 10.8. The van der Waals surface area contributed by atoms with Gasteiger partial charge in [-0.15, -0.1) is 0 Å². The maximum Gasteiger partial charge on any atom is 0.103 e. The Morgan fingerprint density at radius 2 is 2.15 bits per heavy atom. The molecule has 0 atom stereocenters. The molecule has 0 saturated carbocycles. The second kappa shape index (κ2) is 5.72. The lowest BCUT2D eigenvalue weighted by molar-refractivity contribution is 1.03. The molecule has 2 aromatic heterocycles. The van der Waals surface area contributed by atoms with E-state index in [1.807, 2.05) is 24.3 Å². The highest BCUT2D eigenvalue weighted by Crippen LogP contribution is 2.25. The van der Waals surface area contributed by atoms with E-state index in [9.17, 15) is 5.26 Å². The standard InChI is InChI=1S/C16H13N3S/c17-9-13-10-19-15-4-2-1-3-14(15)16(13)18-7-5-12-6-8-20-11-12/h1-4,6,8,10-11H,5,7H2,(H,18,19). The van der Waals surface area contributed by atoms with Crippen molar-refractivity contribution in [3.8, 4) is 6.07 Å². The third-order valence-electron chi connectivity index (χ3n) is 3.19. The minimum absolute atomic E-state index is 0.592. The maximum atomic E-state index is 9.23. The summed E-state index contributed by atoms with van der Waals surface area (Å²) in [6, 6.07) is 12.2. The van der Waals surface area contributed by atoms with Crippen LogP contribution in [0.3, 0.4) is 0 Å². The molecule has 0 bridgehead atoms. The van der Waals surface area contributed by atoms with Gasteiger partial charge in [-0.2, -0.15) is 16.6 Å². The van der Waals surface area contributed by atoms with Gasteiger partial charge in [0.15, 0.2) is 0 Å². The fourth-order valence-corrected chi connectivity index (χ4v) is 2.89. The zero-order chi connectivity index (χ0) is 13.8. The molecule has 1 N–H and O–H groups in total. The molecule has 0 radical (unpaired) electrons. The molecule has 3 aromatic rings. The third-order valence-corrected chi connectivity index (χ3v) is 3.92. The van der Waals surface area contributed by atoms with Crippen LogP contribution >= 0.6 is 11.3 Å². The van der Waals surface area contributed by atoms with Gasteiger partial charge in [-0.05, 0) is 34.9 Å². The Morgan fingerprint density at radius 1 is 1.25 bits per heavy atom. The van der Waals surface area contributed by atoms with Crippen LogP contribution in [0.2, 0.25) is 0 Å². The van der Waals surface area contributed by atoms with E-state index in [0.717, 1.165) is 29.6 Å². The molecule has 0 unspecified atom stereocenters. The predicted octanol–water partition coefficient (Wildman–Crippen LogP) is 3.82. The summed E-state index contributed by atoms with van der Waals surface area (Å²) in [5.74, 6) is 0. The Hall–Kier alpha value is -2.38. The van der Waals surface area contributed by atoms with Crippen molar-refractivity contribution in [3.63, 3.8) is 0 Å². The van der Waals surface area contributed by atoms with Gasteiger partial charge in [0.1, 0.15) is 6.07 Å². The highest BCUT2D eigenvalue weighted by molar-refractivity contribution is 7.07. The number of thiophene rings is 1. The smallest absolute Gasteiger partial charge is 0.103 e. The molecule has 0 aliphatic carbocycles. The summed E-state index contributed by atoms with van der Waals surface area (Å²) in [7, 11) is 0. The Labute approximate surface area is 121 Å². The molecule has 0 amide bonds. The van der Waals surface area contributed by atoms with Gasteiger partial charge in [0.05, 0.1) is 16.8 Å². The Bertz CT molecular complexity index is 757. The second-order valence-electron chi connectivity index (χ2n) is 4.48. The van der Waals surface area contributed by atoms with E-state index in [2.05, 4.69) is 33.2 Å². The van der Waals surface area contributed by atoms with Crippen molar-refractivity contribution in [2.24, 2.45) is 0 Å². The number of pyridine rings is 1. The van der Waals surface area contributed by atoms with Crippen LogP contribution < -0.4 is 5.32 Å². The number of benzene rings is 1. The number of nitrogens with one attached hydrogen (secondary N) is 1. The van der Waals surface area contributed by atoms with Crippen LogP contribution in [0.25, 0.3) is 10.9 Å². The SMILES string of the molecule is N#Cc1cnc2ccccc2c1NCCc1ccsc1. The molecule has 98 valence electrons. The molecule has 4 heteroatoms. The lowest BCUT2D eigenvalue weighted by Gasteiger charge is -2.10. The van der Waals surface area contributed by atoms with E-state index in [0.29, 0.717) is 5.56 Å². The number of aromatic nitrogens is 1. The van der Waals surface area contributed by atoms with Gasteiger partial charge in [-0.25, -0.2) is 0 Å². The van der Waals surface area contributed by atoms with Crippen molar-refractivity contribution in [2.45, 2.75) is 6.42 Å². The molecule has 0 aliphatic rings. The summed E-state index contributed by atoms with van der Waals surface area (Å²) in [5.41, 5.74) is 3.70. The molecule has 0 fully saturated rings. The van der Waals surface area contributed by atoms with Crippen LogP contribution in [-0.2, 0) is 6.42 Å². The van der Waals surface area contributed by atoms with Crippen LogP contribution in [0.4, 0.5) is 5.69 Å². The lowest BCUT2D eigenvalue weighted by Crippen LogP contribution is -2.06. The Kier molecular flexibility index (Phi) is 3.62. The highest BCUT2D eigenvalue weighted by Gasteiger charge is 2.07. The average Bonchev–Trinajstić information content (AvgIpc) is 3.00. The lowest BCUT2D eigenvalue weighted by atomic mass is 10.1. The molecule has 3 rings (SSSR count). The van der Waals surface area contributed by atoms with Crippen molar-refractivity contribution < 1.29 is 0 Å². The molecule has 0 aliphatic heterocycles. The average molecular weight is 279 g/mol. The van der Waals surface area contributed by atoms with E-state index < -0.39 is 0 Å². The number of nitrogens with zero attached hydrogens (tertiary/aromatic N) is 2. The predicted molar refractivity (Wildman–Crippen MR) is 83.0 cm³/mol. The fraction of sp³-hybridized carbons (Fsp3) is 0.125. The van der Waals surface area contributed by atoms with Gasteiger partial charge in [-0.3, -0.25) is 4.98 Å². The monoisotopic (exact) mass is 279 g/mol. The van der Waals surface area contributed by atoms with Crippen LogP contribution in [-0.4, -0.2) is 11.5 Å². The molecule has 2 heterocycles. The number of hydrogen-bond donors (Lipinski definition) is 1. The van der Waals surface area contributed by atoms with E-state index in [4.69, 9.17) is 0 Å². The van der Waals surface area contributed by atoms with Crippen LogP contribution in [0.1, 0.15) is 11.1 Å². The molecular formula is C16H13N3S. The Morgan fingerprint density at radius 3 is 2.95 bits per heavy atom. The summed E-state index contributed by atoms with van der Waals surface area (Å²) < 4.78 is 0. The molecule has 0 saturated heterocycles. The summed E-state index contributed by atoms with van der Waals surface area (Å²) >= 11 is 1.71. The molecule has 3 nitrogen and oxygen atoms in total. The first-order valence-electron chi connectivity index (χ1n) is 6.41. The first-order valence-corrected chi connectivity index (χ1v) is 7.35. The number of rotatable bonds is 4. The highest BCUT2D eigenvalue weighted by atomic mass is 32.1. The van der Waals surface area contributed by atoms with Crippen molar-refractivity contribution in [3.05, 3.63) is 58.4 Å². The van der Waals surface area contributed by atoms with E-state index in [1.165, 1.54) is 5.56 Å². The van der Waals surface area contributed by atoms with Crippen molar-refractivity contribution >= 4 is 27.9 Å². The summed E-state index contributed by atoms with van der Waals surface area (Å²) in [5, 5.41) is 17.8. The molecule has 0 spiro atoms.